The molecule has 0 fully saturated rings. The molecule has 0 aliphatic carbocycles. The van der Waals surface area contributed by atoms with Crippen LogP contribution >= 0.6 is 23.2 Å². The van der Waals surface area contributed by atoms with Gasteiger partial charge in [-0.1, -0.05) is 17.7 Å². The van der Waals surface area contributed by atoms with Crippen LogP contribution < -0.4 is 0 Å². The van der Waals surface area contributed by atoms with Crippen LogP contribution in [0.1, 0.15) is 5.82 Å². The molecular weight excluding hydrogens is 219 g/mol. The van der Waals surface area contributed by atoms with Gasteiger partial charge in [0.05, 0.1) is 10.5 Å². The lowest BCUT2D eigenvalue weighted by molar-refractivity contribution is 0.831. The summed E-state index contributed by atoms with van der Waals surface area (Å²) in [6.07, 6.45) is 0.767. The van der Waals surface area contributed by atoms with Crippen LogP contribution in [0.3, 0.4) is 0 Å². The monoisotopic (exact) mass is 228 g/mol. The lowest BCUT2D eigenvalue weighted by Crippen LogP contribution is -1.98. The van der Waals surface area contributed by atoms with Crippen LogP contribution in [0, 0.1) is 0 Å². The highest BCUT2D eigenvalue weighted by atomic mass is 35.5. The maximum Gasteiger partial charge on any atom is 0.110 e. The second kappa shape index (κ2) is 3.79. The smallest absolute Gasteiger partial charge is 0.110 e. The Morgan fingerprint density at radius 2 is 2.21 bits per heavy atom. The number of alkyl halides is 1. The zero-order chi connectivity index (χ0) is 10.1. The average molecular weight is 229 g/mol. The fraction of sp³-hybridized carbons (Fsp3) is 0.300. The Hall–Kier alpha value is -0.730. The highest BCUT2D eigenvalue weighted by molar-refractivity contribution is 6.34. The third-order valence-corrected chi connectivity index (χ3v) is 2.77. The van der Waals surface area contributed by atoms with E-state index in [-0.39, 0.29) is 0 Å². The van der Waals surface area contributed by atoms with E-state index >= 15 is 0 Å². The normalized spacial score (nSPS) is 11.1. The molecule has 0 aliphatic heterocycles. The van der Waals surface area contributed by atoms with Crippen LogP contribution in [0.5, 0.6) is 0 Å². The molecule has 14 heavy (non-hydrogen) atoms. The molecule has 0 bridgehead atoms. The molecule has 0 saturated carbocycles. The zero-order valence-electron chi connectivity index (χ0n) is 7.80. The molecule has 1 aromatic carbocycles. The molecule has 0 saturated heterocycles. The van der Waals surface area contributed by atoms with Crippen molar-refractivity contribution in [2.45, 2.75) is 6.42 Å². The first kappa shape index (κ1) is 9.81. The number of halogens is 2. The molecule has 0 radical (unpaired) electrons. The lowest BCUT2D eigenvalue weighted by Gasteiger charge is -1.98. The van der Waals surface area contributed by atoms with Gasteiger partial charge in [0.2, 0.25) is 0 Å². The Morgan fingerprint density at radius 1 is 1.43 bits per heavy atom. The highest BCUT2D eigenvalue weighted by Gasteiger charge is 2.08. The molecule has 0 amide bonds. The van der Waals surface area contributed by atoms with E-state index in [1.165, 1.54) is 0 Å². The quantitative estimate of drug-likeness (QED) is 0.724. The number of rotatable bonds is 2. The number of aromatic nitrogens is 2. The lowest BCUT2D eigenvalue weighted by atomic mass is 10.3. The summed E-state index contributed by atoms with van der Waals surface area (Å²) in [7, 11) is 1.98. The van der Waals surface area contributed by atoms with E-state index in [0.717, 1.165) is 23.3 Å². The Kier molecular flexibility index (Phi) is 2.66. The van der Waals surface area contributed by atoms with Gasteiger partial charge in [-0.2, -0.15) is 0 Å². The molecule has 1 heterocycles. The second-order valence-electron chi connectivity index (χ2n) is 3.13. The first-order chi connectivity index (χ1) is 6.74. The van der Waals surface area contributed by atoms with Gasteiger partial charge >= 0.3 is 0 Å². The van der Waals surface area contributed by atoms with Crippen LogP contribution in [-0.4, -0.2) is 15.4 Å². The summed E-state index contributed by atoms with van der Waals surface area (Å²) in [4.78, 5) is 4.45. The van der Waals surface area contributed by atoms with Gasteiger partial charge in [0, 0.05) is 19.3 Å². The molecule has 0 N–H and O–H groups in total. The third kappa shape index (κ3) is 1.49. The summed E-state index contributed by atoms with van der Waals surface area (Å²) in [5, 5.41) is 0.693. The Balaban J connectivity index is 2.67. The second-order valence-corrected chi connectivity index (χ2v) is 3.92. The average Bonchev–Trinajstić information content (AvgIpc) is 2.48. The van der Waals surface area contributed by atoms with Crippen LogP contribution in [0.4, 0.5) is 0 Å². The Bertz CT molecular complexity index is 462. The SMILES string of the molecule is Cn1c(CCCl)nc2c(Cl)cccc21. The van der Waals surface area contributed by atoms with Crippen molar-refractivity contribution in [3.63, 3.8) is 0 Å². The molecule has 0 unspecified atom stereocenters. The third-order valence-electron chi connectivity index (χ3n) is 2.27. The topological polar surface area (TPSA) is 17.8 Å². The number of hydrogen-bond donors (Lipinski definition) is 0. The van der Waals surface area contributed by atoms with Crippen molar-refractivity contribution >= 4 is 34.2 Å². The number of benzene rings is 1. The molecular formula is C10H10Cl2N2. The van der Waals surface area contributed by atoms with Crippen molar-refractivity contribution < 1.29 is 0 Å². The van der Waals surface area contributed by atoms with E-state index in [2.05, 4.69) is 4.98 Å². The van der Waals surface area contributed by atoms with E-state index in [4.69, 9.17) is 23.2 Å². The van der Waals surface area contributed by atoms with Gasteiger partial charge in [0.1, 0.15) is 11.3 Å². The van der Waals surface area contributed by atoms with Gasteiger partial charge in [-0.3, -0.25) is 0 Å². The van der Waals surface area contributed by atoms with Crippen molar-refractivity contribution in [2.24, 2.45) is 7.05 Å². The van der Waals surface area contributed by atoms with Gasteiger partial charge in [-0.25, -0.2) is 4.98 Å². The van der Waals surface area contributed by atoms with Crippen LogP contribution in [0.15, 0.2) is 18.2 Å². The van der Waals surface area contributed by atoms with Gasteiger partial charge in [0.25, 0.3) is 0 Å². The summed E-state index contributed by atoms with van der Waals surface area (Å²) in [5.74, 6) is 1.55. The Labute approximate surface area is 92.5 Å². The molecule has 0 atom stereocenters. The molecule has 0 aliphatic rings. The van der Waals surface area contributed by atoms with E-state index < -0.39 is 0 Å². The summed E-state index contributed by atoms with van der Waals surface area (Å²) < 4.78 is 2.03. The summed E-state index contributed by atoms with van der Waals surface area (Å²) >= 11 is 11.7. The number of aryl methyl sites for hydroxylation is 2. The summed E-state index contributed by atoms with van der Waals surface area (Å²) in [6.45, 7) is 0. The van der Waals surface area contributed by atoms with Crippen molar-refractivity contribution in [3.8, 4) is 0 Å². The first-order valence-corrected chi connectivity index (χ1v) is 5.31. The summed E-state index contributed by atoms with van der Waals surface area (Å²) in [5.41, 5.74) is 1.91. The Morgan fingerprint density at radius 3 is 2.86 bits per heavy atom. The molecule has 2 nitrogen and oxygen atoms in total. The van der Waals surface area contributed by atoms with E-state index in [9.17, 15) is 0 Å². The fourth-order valence-electron chi connectivity index (χ4n) is 1.54. The van der Waals surface area contributed by atoms with Crippen molar-refractivity contribution in [1.82, 2.24) is 9.55 Å². The maximum atomic E-state index is 6.03. The van der Waals surface area contributed by atoms with Crippen molar-refractivity contribution in [2.75, 3.05) is 5.88 Å². The minimum atomic E-state index is 0.578. The minimum absolute atomic E-state index is 0.578. The number of hydrogen-bond acceptors (Lipinski definition) is 1. The molecule has 1 aromatic heterocycles. The molecule has 0 spiro atoms. The largest absolute Gasteiger partial charge is 0.331 e. The number of imidazole rings is 1. The predicted molar refractivity (Wildman–Crippen MR) is 60.1 cm³/mol. The highest BCUT2D eigenvalue weighted by Crippen LogP contribution is 2.23. The maximum absolute atomic E-state index is 6.03. The fourth-order valence-corrected chi connectivity index (χ4v) is 1.92. The van der Waals surface area contributed by atoms with Gasteiger partial charge in [-0.15, -0.1) is 11.6 Å². The molecule has 2 aromatic rings. The predicted octanol–water partition coefficient (Wildman–Crippen LogP) is 3.01. The molecule has 4 heteroatoms. The van der Waals surface area contributed by atoms with Crippen LogP contribution in [0.2, 0.25) is 5.02 Å². The minimum Gasteiger partial charge on any atom is -0.331 e. The van der Waals surface area contributed by atoms with Crippen molar-refractivity contribution in [3.05, 3.63) is 29.0 Å². The first-order valence-electron chi connectivity index (χ1n) is 4.40. The van der Waals surface area contributed by atoms with Gasteiger partial charge < -0.3 is 4.57 Å². The van der Waals surface area contributed by atoms with Gasteiger partial charge in [-0.05, 0) is 12.1 Å². The number of nitrogens with zero attached hydrogens (tertiary/aromatic N) is 2. The van der Waals surface area contributed by atoms with E-state index in [0.29, 0.717) is 10.9 Å². The standard InChI is InChI=1S/C10H10Cl2N2/c1-14-8-4-2-3-7(12)10(8)13-9(14)5-6-11/h2-4H,5-6H2,1H3. The van der Waals surface area contributed by atoms with E-state index in [1.54, 1.807) is 0 Å². The summed E-state index contributed by atoms with van der Waals surface area (Å²) in [6, 6.07) is 5.78. The van der Waals surface area contributed by atoms with E-state index in [1.807, 2.05) is 29.8 Å². The zero-order valence-corrected chi connectivity index (χ0v) is 9.31. The molecule has 74 valence electrons. The number of para-hydroxylation sites is 1. The van der Waals surface area contributed by atoms with Crippen molar-refractivity contribution in [1.29, 1.82) is 0 Å². The van der Waals surface area contributed by atoms with Gasteiger partial charge in [0.15, 0.2) is 0 Å². The molecule has 2 rings (SSSR count). The number of fused-ring (bicyclic) bond motifs is 1. The van der Waals surface area contributed by atoms with Crippen LogP contribution in [-0.2, 0) is 13.5 Å². The van der Waals surface area contributed by atoms with Crippen LogP contribution in [0.25, 0.3) is 11.0 Å².